The summed E-state index contributed by atoms with van der Waals surface area (Å²) in [7, 11) is 0. The molecule has 0 fully saturated rings. The maximum Gasteiger partial charge on any atom is 0.416 e. The highest BCUT2D eigenvalue weighted by Gasteiger charge is 2.30. The van der Waals surface area contributed by atoms with Crippen LogP contribution in [0.4, 0.5) is 18.9 Å². The summed E-state index contributed by atoms with van der Waals surface area (Å²) in [5, 5.41) is 2.64. The zero-order chi connectivity index (χ0) is 20.0. The van der Waals surface area contributed by atoms with Gasteiger partial charge >= 0.3 is 6.18 Å². The molecule has 0 aliphatic carbocycles. The number of hydrogen-bond donors (Lipinski definition) is 1. The minimum Gasteiger partial charge on any atom is -0.325 e. The standard InChI is InChI=1S/C22H18F3NOS/c23-22(24,25)18-11-13-19(14-12-18)26-20(27)15-28-21(16-7-3-1-4-8-16)17-9-5-2-6-10-17/h1-14,21H,15H2,(H,26,27). The van der Waals surface area contributed by atoms with Crippen LogP contribution in [0.2, 0.25) is 0 Å². The van der Waals surface area contributed by atoms with E-state index in [0.717, 1.165) is 23.3 Å². The fourth-order valence-corrected chi connectivity index (χ4v) is 3.83. The lowest BCUT2D eigenvalue weighted by Crippen LogP contribution is -2.15. The lowest BCUT2D eigenvalue weighted by molar-refractivity contribution is -0.137. The Balaban J connectivity index is 1.65. The van der Waals surface area contributed by atoms with Crippen molar-refractivity contribution in [3.05, 3.63) is 102 Å². The summed E-state index contributed by atoms with van der Waals surface area (Å²) in [6.45, 7) is 0. The van der Waals surface area contributed by atoms with E-state index in [-0.39, 0.29) is 16.9 Å². The predicted molar refractivity (Wildman–Crippen MR) is 107 cm³/mol. The fraction of sp³-hybridized carbons (Fsp3) is 0.136. The SMILES string of the molecule is O=C(CSC(c1ccccc1)c1ccccc1)Nc1ccc(C(F)(F)F)cc1. The zero-order valence-electron chi connectivity index (χ0n) is 14.8. The van der Waals surface area contributed by atoms with Crippen molar-refractivity contribution < 1.29 is 18.0 Å². The molecule has 0 radical (unpaired) electrons. The van der Waals surface area contributed by atoms with Crippen LogP contribution in [0.25, 0.3) is 0 Å². The number of rotatable bonds is 6. The van der Waals surface area contributed by atoms with Gasteiger partial charge in [-0.2, -0.15) is 13.2 Å². The van der Waals surface area contributed by atoms with Gasteiger partial charge in [-0.15, -0.1) is 11.8 Å². The van der Waals surface area contributed by atoms with Crippen LogP contribution >= 0.6 is 11.8 Å². The average Bonchev–Trinajstić information content (AvgIpc) is 2.69. The van der Waals surface area contributed by atoms with Crippen LogP contribution in [-0.2, 0) is 11.0 Å². The van der Waals surface area contributed by atoms with Crippen molar-refractivity contribution in [1.82, 2.24) is 0 Å². The molecule has 1 N–H and O–H groups in total. The van der Waals surface area contributed by atoms with Gasteiger partial charge in [0.15, 0.2) is 0 Å². The highest BCUT2D eigenvalue weighted by atomic mass is 32.2. The molecule has 28 heavy (non-hydrogen) atoms. The molecule has 0 saturated carbocycles. The van der Waals surface area contributed by atoms with Crippen LogP contribution in [0.1, 0.15) is 21.9 Å². The maximum absolute atomic E-state index is 12.6. The first-order valence-electron chi connectivity index (χ1n) is 8.62. The summed E-state index contributed by atoms with van der Waals surface area (Å²) in [5.41, 5.74) is 1.77. The molecular weight excluding hydrogens is 383 g/mol. The number of benzene rings is 3. The first-order chi connectivity index (χ1) is 13.4. The molecular formula is C22H18F3NOS. The van der Waals surface area contributed by atoms with Crippen LogP contribution in [0.15, 0.2) is 84.9 Å². The lowest BCUT2D eigenvalue weighted by atomic mass is 10.0. The largest absolute Gasteiger partial charge is 0.416 e. The molecule has 3 aromatic carbocycles. The third kappa shape index (κ3) is 5.39. The Kier molecular flexibility index (Phi) is 6.41. The third-order valence-electron chi connectivity index (χ3n) is 4.08. The molecule has 0 aliphatic heterocycles. The van der Waals surface area contributed by atoms with E-state index in [1.165, 1.54) is 23.9 Å². The number of thioether (sulfide) groups is 1. The van der Waals surface area contributed by atoms with Gasteiger partial charge in [0.2, 0.25) is 5.91 Å². The Morgan fingerprint density at radius 3 is 1.79 bits per heavy atom. The molecule has 2 nitrogen and oxygen atoms in total. The molecule has 0 saturated heterocycles. The van der Waals surface area contributed by atoms with Gasteiger partial charge in [0, 0.05) is 5.69 Å². The Labute approximate surface area is 165 Å². The van der Waals surface area contributed by atoms with Crippen molar-refractivity contribution in [2.75, 3.05) is 11.1 Å². The van der Waals surface area contributed by atoms with Gasteiger partial charge in [-0.25, -0.2) is 0 Å². The van der Waals surface area contributed by atoms with E-state index in [2.05, 4.69) is 5.32 Å². The lowest BCUT2D eigenvalue weighted by Gasteiger charge is -2.17. The second kappa shape index (κ2) is 8.97. The van der Waals surface area contributed by atoms with Crippen molar-refractivity contribution in [1.29, 1.82) is 0 Å². The molecule has 0 spiro atoms. The van der Waals surface area contributed by atoms with Gasteiger partial charge in [0.25, 0.3) is 0 Å². The molecule has 3 aromatic rings. The van der Waals surface area contributed by atoms with Crippen LogP contribution in [0.5, 0.6) is 0 Å². The molecule has 0 atom stereocenters. The molecule has 144 valence electrons. The first kappa shape index (κ1) is 20.0. The minimum absolute atomic E-state index is 0.0132. The van der Waals surface area contributed by atoms with E-state index in [1.807, 2.05) is 60.7 Å². The average molecular weight is 401 g/mol. The molecule has 0 aromatic heterocycles. The number of carbonyl (C=O) groups excluding carboxylic acids is 1. The van der Waals surface area contributed by atoms with E-state index in [4.69, 9.17) is 0 Å². The zero-order valence-corrected chi connectivity index (χ0v) is 15.6. The maximum atomic E-state index is 12.6. The Hall–Kier alpha value is -2.73. The van der Waals surface area contributed by atoms with Crippen molar-refractivity contribution in [2.45, 2.75) is 11.4 Å². The highest BCUT2D eigenvalue weighted by molar-refractivity contribution is 8.00. The van der Waals surface area contributed by atoms with Gasteiger partial charge in [0.05, 0.1) is 16.6 Å². The smallest absolute Gasteiger partial charge is 0.325 e. The number of nitrogens with one attached hydrogen (secondary N) is 1. The van der Waals surface area contributed by atoms with Gasteiger partial charge in [-0.3, -0.25) is 4.79 Å². The second-order valence-corrected chi connectivity index (χ2v) is 7.23. The molecule has 0 bridgehead atoms. The van der Waals surface area contributed by atoms with Crippen molar-refractivity contribution in [2.24, 2.45) is 0 Å². The van der Waals surface area contributed by atoms with E-state index < -0.39 is 11.7 Å². The Morgan fingerprint density at radius 2 is 1.32 bits per heavy atom. The molecule has 0 heterocycles. The van der Waals surface area contributed by atoms with E-state index in [9.17, 15) is 18.0 Å². The van der Waals surface area contributed by atoms with Crippen molar-refractivity contribution in [3.8, 4) is 0 Å². The minimum atomic E-state index is -4.39. The highest BCUT2D eigenvalue weighted by Crippen LogP contribution is 2.35. The van der Waals surface area contributed by atoms with E-state index in [1.54, 1.807) is 0 Å². The third-order valence-corrected chi connectivity index (χ3v) is 5.39. The van der Waals surface area contributed by atoms with Crippen molar-refractivity contribution in [3.63, 3.8) is 0 Å². The molecule has 0 unspecified atom stereocenters. The predicted octanol–water partition coefficient (Wildman–Crippen LogP) is 6.17. The monoisotopic (exact) mass is 401 g/mol. The fourth-order valence-electron chi connectivity index (χ4n) is 2.74. The summed E-state index contributed by atoms with van der Waals surface area (Å²) >= 11 is 1.47. The number of halogens is 3. The quantitative estimate of drug-likeness (QED) is 0.535. The van der Waals surface area contributed by atoms with Crippen LogP contribution < -0.4 is 5.32 Å². The molecule has 1 amide bonds. The second-order valence-electron chi connectivity index (χ2n) is 6.14. The number of anilines is 1. The van der Waals surface area contributed by atoms with E-state index >= 15 is 0 Å². The summed E-state index contributed by atoms with van der Waals surface area (Å²) in [4.78, 5) is 12.3. The van der Waals surface area contributed by atoms with Gasteiger partial charge in [-0.1, -0.05) is 60.7 Å². The first-order valence-corrected chi connectivity index (χ1v) is 9.67. The molecule has 6 heteroatoms. The Bertz CT molecular complexity index is 857. The number of amides is 1. The number of alkyl halides is 3. The molecule has 0 aliphatic rings. The summed E-state index contributed by atoms with van der Waals surface area (Å²) in [6, 6.07) is 24.2. The van der Waals surface area contributed by atoms with Crippen LogP contribution in [-0.4, -0.2) is 11.7 Å². The number of hydrogen-bond acceptors (Lipinski definition) is 2. The number of carbonyl (C=O) groups is 1. The Morgan fingerprint density at radius 1 is 0.821 bits per heavy atom. The topological polar surface area (TPSA) is 29.1 Å². The summed E-state index contributed by atoms with van der Waals surface area (Å²) in [6.07, 6.45) is -4.39. The van der Waals surface area contributed by atoms with Crippen LogP contribution in [0.3, 0.4) is 0 Å². The molecule has 3 rings (SSSR count). The van der Waals surface area contributed by atoms with E-state index in [0.29, 0.717) is 5.69 Å². The van der Waals surface area contributed by atoms with Gasteiger partial charge in [-0.05, 0) is 35.4 Å². The van der Waals surface area contributed by atoms with Gasteiger partial charge in [0.1, 0.15) is 0 Å². The summed E-state index contributed by atoms with van der Waals surface area (Å²) in [5.74, 6) is -0.0863. The normalized spacial score (nSPS) is 11.4. The van der Waals surface area contributed by atoms with Crippen molar-refractivity contribution >= 4 is 23.4 Å². The van der Waals surface area contributed by atoms with Crippen LogP contribution in [0, 0.1) is 0 Å². The van der Waals surface area contributed by atoms with Gasteiger partial charge < -0.3 is 5.32 Å². The summed E-state index contributed by atoms with van der Waals surface area (Å²) < 4.78 is 37.9.